The molecule has 9 heteroatoms. The lowest BCUT2D eigenvalue weighted by molar-refractivity contribution is 0.0955. The highest BCUT2D eigenvalue weighted by Crippen LogP contribution is 2.24. The molecule has 2 atom stereocenters. The fourth-order valence-corrected chi connectivity index (χ4v) is 3.97. The number of nitrogens with zero attached hydrogens (tertiary/aromatic N) is 2. The quantitative estimate of drug-likeness (QED) is 0.797. The van der Waals surface area contributed by atoms with Gasteiger partial charge in [-0.15, -0.1) is 12.4 Å². The zero-order valence-corrected chi connectivity index (χ0v) is 13.9. The summed E-state index contributed by atoms with van der Waals surface area (Å²) < 4.78 is 27.9. The van der Waals surface area contributed by atoms with Gasteiger partial charge in [0.1, 0.15) is 10.6 Å². The number of aromatic nitrogens is 1. The first kappa shape index (κ1) is 18.0. The van der Waals surface area contributed by atoms with E-state index in [0.29, 0.717) is 18.8 Å². The molecule has 1 aromatic heterocycles. The summed E-state index contributed by atoms with van der Waals surface area (Å²) in [5.74, 6) is -0.188. The van der Waals surface area contributed by atoms with Crippen molar-refractivity contribution in [2.45, 2.75) is 17.9 Å². The van der Waals surface area contributed by atoms with Crippen LogP contribution in [0.2, 0.25) is 0 Å². The van der Waals surface area contributed by atoms with Gasteiger partial charge in [0.2, 0.25) is 10.0 Å². The number of nitrogens with one attached hydrogen (secondary N) is 1. The fraction of sp³-hybridized carbons (Fsp3) is 0.583. The molecule has 1 amide bonds. The molecule has 120 valence electrons. The minimum absolute atomic E-state index is 0. The van der Waals surface area contributed by atoms with Crippen LogP contribution >= 0.6 is 12.4 Å². The number of hydrogen-bond acceptors (Lipinski definition) is 4. The van der Waals surface area contributed by atoms with Gasteiger partial charge in [-0.25, -0.2) is 8.42 Å². The Morgan fingerprint density at radius 1 is 1.43 bits per heavy atom. The predicted molar refractivity (Wildman–Crippen MR) is 81.9 cm³/mol. The summed E-state index contributed by atoms with van der Waals surface area (Å²) in [5.41, 5.74) is 6.18. The lowest BCUT2D eigenvalue weighted by Crippen LogP contribution is -2.32. The van der Waals surface area contributed by atoms with Crippen LogP contribution in [-0.4, -0.2) is 49.4 Å². The predicted octanol–water partition coefficient (Wildman–Crippen LogP) is -0.226. The van der Waals surface area contributed by atoms with Crippen molar-refractivity contribution in [2.24, 2.45) is 18.7 Å². The highest BCUT2D eigenvalue weighted by Gasteiger charge is 2.36. The maximum absolute atomic E-state index is 12.5. The Balaban J connectivity index is 0.00000220. The van der Waals surface area contributed by atoms with Crippen LogP contribution in [0.15, 0.2) is 17.2 Å². The van der Waals surface area contributed by atoms with Crippen LogP contribution in [0.25, 0.3) is 0 Å². The second-order valence-electron chi connectivity index (χ2n) is 5.21. The molecule has 0 aromatic carbocycles. The van der Waals surface area contributed by atoms with Gasteiger partial charge in [-0.05, 0) is 12.0 Å². The molecule has 7 nitrogen and oxygen atoms in total. The maximum Gasteiger partial charge on any atom is 0.267 e. The Labute approximate surface area is 130 Å². The summed E-state index contributed by atoms with van der Waals surface area (Å²) in [7, 11) is -0.450. The van der Waals surface area contributed by atoms with Crippen LogP contribution in [0.3, 0.4) is 0 Å². The number of aryl methyl sites for hydroxylation is 1. The van der Waals surface area contributed by atoms with Gasteiger partial charge >= 0.3 is 0 Å². The molecule has 0 spiro atoms. The van der Waals surface area contributed by atoms with Gasteiger partial charge in [0.25, 0.3) is 5.91 Å². The number of nitrogens with two attached hydrogens (primary N) is 1. The fourth-order valence-electron chi connectivity index (χ4n) is 2.32. The van der Waals surface area contributed by atoms with Crippen molar-refractivity contribution in [3.63, 3.8) is 0 Å². The van der Waals surface area contributed by atoms with E-state index in [1.807, 2.05) is 6.92 Å². The van der Waals surface area contributed by atoms with E-state index in [9.17, 15) is 13.2 Å². The topological polar surface area (TPSA) is 97.4 Å². The van der Waals surface area contributed by atoms with E-state index in [-0.39, 0.29) is 35.2 Å². The van der Waals surface area contributed by atoms with Crippen molar-refractivity contribution in [2.75, 3.05) is 20.1 Å². The van der Waals surface area contributed by atoms with E-state index in [4.69, 9.17) is 5.73 Å². The number of carbonyl (C=O) groups excluding carboxylic acids is 1. The van der Waals surface area contributed by atoms with Crippen molar-refractivity contribution in [1.82, 2.24) is 14.2 Å². The summed E-state index contributed by atoms with van der Waals surface area (Å²) in [4.78, 5) is 11.8. The molecule has 2 rings (SSSR count). The van der Waals surface area contributed by atoms with Gasteiger partial charge in [0.15, 0.2) is 0 Å². The molecule has 2 unspecified atom stereocenters. The first-order chi connectivity index (χ1) is 9.27. The van der Waals surface area contributed by atoms with Crippen LogP contribution in [0, 0.1) is 5.92 Å². The third-order valence-electron chi connectivity index (χ3n) is 3.71. The Morgan fingerprint density at radius 3 is 2.52 bits per heavy atom. The third kappa shape index (κ3) is 3.23. The highest BCUT2D eigenvalue weighted by molar-refractivity contribution is 7.89. The Kier molecular flexibility index (Phi) is 5.43. The Morgan fingerprint density at radius 2 is 2.05 bits per heavy atom. The molecule has 0 saturated carbocycles. The molecule has 2 heterocycles. The molecule has 1 saturated heterocycles. The zero-order valence-electron chi connectivity index (χ0n) is 12.2. The Bertz CT molecular complexity index is 618. The number of carbonyl (C=O) groups is 1. The lowest BCUT2D eigenvalue weighted by atomic mass is 10.1. The maximum atomic E-state index is 12.5. The minimum atomic E-state index is -3.60. The van der Waals surface area contributed by atoms with Crippen LogP contribution in [0.4, 0.5) is 0 Å². The van der Waals surface area contributed by atoms with Crippen LogP contribution in [0.5, 0.6) is 0 Å². The molecule has 1 aliphatic heterocycles. The summed E-state index contributed by atoms with van der Waals surface area (Å²) >= 11 is 0. The van der Waals surface area contributed by atoms with E-state index < -0.39 is 10.0 Å². The van der Waals surface area contributed by atoms with Crippen LogP contribution in [0.1, 0.15) is 17.4 Å². The van der Waals surface area contributed by atoms with Gasteiger partial charge in [-0.1, -0.05) is 6.92 Å². The second-order valence-corrected chi connectivity index (χ2v) is 7.15. The molecule has 0 bridgehead atoms. The molecule has 21 heavy (non-hydrogen) atoms. The van der Waals surface area contributed by atoms with E-state index in [1.54, 1.807) is 7.05 Å². The van der Waals surface area contributed by atoms with Gasteiger partial charge in [0, 0.05) is 39.4 Å². The van der Waals surface area contributed by atoms with Crippen molar-refractivity contribution in [3.05, 3.63) is 18.0 Å². The van der Waals surface area contributed by atoms with E-state index in [1.165, 1.54) is 28.2 Å². The first-order valence-electron chi connectivity index (χ1n) is 6.41. The van der Waals surface area contributed by atoms with Gasteiger partial charge in [0.05, 0.1) is 0 Å². The normalized spacial score (nSPS) is 22.9. The summed E-state index contributed by atoms with van der Waals surface area (Å²) in [5, 5.41) is 2.48. The third-order valence-corrected chi connectivity index (χ3v) is 5.51. The monoisotopic (exact) mass is 336 g/mol. The van der Waals surface area contributed by atoms with Gasteiger partial charge < -0.3 is 15.6 Å². The number of rotatable bonds is 3. The smallest absolute Gasteiger partial charge is 0.267 e. The van der Waals surface area contributed by atoms with Crippen molar-refractivity contribution in [3.8, 4) is 0 Å². The van der Waals surface area contributed by atoms with Crippen molar-refractivity contribution in [1.29, 1.82) is 0 Å². The average molecular weight is 337 g/mol. The largest absolute Gasteiger partial charge is 0.354 e. The molecule has 0 radical (unpaired) electrons. The van der Waals surface area contributed by atoms with Crippen LogP contribution in [-0.2, 0) is 17.1 Å². The molecular weight excluding hydrogens is 316 g/mol. The average Bonchev–Trinajstić information content (AvgIpc) is 2.93. The molecule has 1 fully saturated rings. The number of sulfonamides is 1. The number of amides is 1. The molecule has 3 N–H and O–H groups in total. The summed E-state index contributed by atoms with van der Waals surface area (Å²) in [6.45, 7) is 2.66. The lowest BCUT2D eigenvalue weighted by Gasteiger charge is -2.14. The number of halogens is 1. The minimum Gasteiger partial charge on any atom is -0.354 e. The molecule has 0 aliphatic carbocycles. The first-order valence-corrected chi connectivity index (χ1v) is 7.85. The van der Waals surface area contributed by atoms with Crippen LogP contribution < -0.4 is 11.1 Å². The Hall–Kier alpha value is -1.09. The zero-order chi connectivity index (χ0) is 15.1. The van der Waals surface area contributed by atoms with E-state index >= 15 is 0 Å². The summed E-state index contributed by atoms with van der Waals surface area (Å²) in [6, 6.07) is 1.25. The van der Waals surface area contributed by atoms with E-state index in [0.717, 1.165) is 0 Å². The molecular formula is C12H21ClN4O3S. The van der Waals surface area contributed by atoms with Gasteiger partial charge in [-0.2, -0.15) is 4.31 Å². The van der Waals surface area contributed by atoms with Crippen molar-refractivity contribution < 1.29 is 13.2 Å². The molecule has 1 aliphatic rings. The second kappa shape index (κ2) is 6.35. The highest BCUT2D eigenvalue weighted by atomic mass is 35.5. The van der Waals surface area contributed by atoms with Crippen molar-refractivity contribution >= 4 is 28.3 Å². The molecule has 1 aromatic rings. The standard InChI is InChI=1S/C12H20N4O3S.ClH/c1-8-5-16(7-10(8)13)20(18,19)9-4-11(12(17)14-2)15(3)6-9;/h4,6,8,10H,5,7,13H2,1-3H3,(H,14,17);1H. The SMILES string of the molecule is CNC(=O)c1cc(S(=O)(=O)N2CC(C)C(N)C2)cn1C.Cl. The number of hydrogen-bond donors (Lipinski definition) is 2. The summed E-state index contributed by atoms with van der Waals surface area (Å²) in [6.07, 6.45) is 1.45. The van der Waals surface area contributed by atoms with E-state index in [2.05, 4.69) is 5.32 Å². The van der Waals surface area contributed by atoms with Gasteiger partial charge in [-0.3, -0.25) is 4.79 Å².